The van der Waals surface area contributed by atoms with Gasteiger partial charge in [-0.15, -0.1) is 0 Å². The Morgan fingerprint density at radius 1 is 1.00 bits per heavy atom. The van der Waals surface area contributed by atoms with Crippen molar-refractivity contribution in [3.05, 3.63) is 9.67 Å². The topological polar surface area (TPSA) is 21.3 Å². The summed E-state index contributed by atoms with van der Waals surface area (Å²) in [6, 6.07) is 0.429. The Kier molecular flexibility index (Phi) is 9.91. The van der Waals surface area contributed by atoms with Crippen LogP contribution in [-0.4, -0.2) is 31.5 Å². The first-order chi connectivity index (χ1) is 11.4. The minimum atomic E-state index is -2.30. The second kappa shape index (κ2) is 10.6. The summed E-state index contributed by atoms with van der Waals surface area (Å²) in [6.45, 7) is 14.3. The standard InChI is InChI=1S/C9H16NO.3C4H9.Sn/c1-7-5-6-9(2,3)8(7)10-11-4;3*1-3-4-2;/h6-8,10H,1-4H3;3*1,3-4H2,2H3;. The van der Waals surface area contributed by atoms with E-state index in [2.05, 4.69) is 53.1 Å². The van der Waals surface area contributed by atoms with Crippen LogP contribution in [0.25, 0.3) is 0 Å². The molecule has 0 heterocycles. The van der Waals surface area contributed by atoms with Crippen molar-refractivity contribution in [2.75, 3.05) is 7.11 Å². The number of hydroxylamine groups is 1. The maximum atomic E-state index is 5.38. The average Bonchev–Trinajstić information content (AvgIpc) is 2.79. The van der Waals surface area contributed by atoms with Crippen LogP contribution in [-0.2, 0) is 4.84 Å². The molecule has 0 amide bonds. The van der Waals surface area contributed by atoms with E-state index in [0.717, 1.165) is 0 Å². The zero-order valence-corrected chi connectivity index (χ0v) is 20.4. The third kappa shape index (κ3) is 5.48. The van der Waals surface area contributed by atoms with Crippen molar-refractivity contribution in [2.24, 2.45) is 11.3 Å². The fourth-order valence-electron chi connectivity index (χ4n) is 4.82. The van der Waals surface area contributed by atoms with Gasteiger partial charge in [-0.25, -0.2) is 0 Å². The third-order valence-electron chi connectivity index (χ3n) is 6.20. The molecule has 2 unspecified atom stereocenters. The van der Waals surface area contributed by atoms with Gasteiger partial charge in [0.25, 0.3) is 0 Å². The summed E-state index contributed by atoms with van der Waals surface area (Å²) >= 11 is -2.30. The quantitative estimate of drug-likeness (QED) is 0.274. The summed E-state index contributed by atoms with van der Waals surface area (Å²) in [4.78, 5) is 5.38. The molecule has 0 saturated heterocycles. The molecule has 1 rings (SSSR count). The van der Waals surface area contributed by atoms with Crippen LogP contribution in [0.1, 0.15) is 80.1 Å². The third-order valence-corrected chi connectivity index (χ3v) is 22.6. The zero-order chi connectivity index (χ0) is 18.2. The summed E-state index contributed by atoms with van der Waals surface area (Å²) < 4.78 is 6.63. The van der Waals surface area contributed by atoms with Gasteiger partial charge in [0.15, 0.2) is 0 Å². The first kappa shape index (κ1) is 22.5. The van der Waals surface area contributed by atoms with Crippen molar-refractivity contribution in [3.63, 3.8) is 0 Å². The van der Waals surface area contributed by atoms with E-state index >= 15 is 0 Å². The van der Waals surface area contributed by atoms with Crippen LogP contribution < -0.4 is 5.48 Å². The summed E-state index contributed by atoms with van der Waals surface area (Å²) in [7, 11) is 1.77. The average molecular weight is 444 g/mol. The summed E-state index contributed by atoms with van der Waals surface area (Å²) in [5, 5.41) is 0. The van der Waals surface area contributed by atoms with E-state index in [4.69, 9.17) is 4.84 Å². The van der Waals surface area contributed by atoms with E-state index in [9.17, 15) is 0 Å². The summed E-state index contributed by atoms with van der Waals surface area (Å²) in [6.07, 6.45) is 11.1. The predicted octanol–water partition coefficient (Wildman–Crippen LogP) is 6.50. The van der Waals surface area contributed by atoms with Gasteiger partial charge in [-0.1, -0.05) is 0 Å². The predicted molar refractivity (Wildman–Crippen MR) is 110 cm³/mol. The first-order valence-electron chi connectivity index (χ1n) is 10.4. The van der Waals surface area contributed by atoms with E-state index in [1.165, 1.54) is 38.5 Å². The van der Waals surface area contributed by atoms with Crippen molar-refractivity contribution in [3.8, 4) is 0 Å². The normalized spacial score (nSPS) is 23.5. The van der Waals surface area contributed by atoms with Crippen LogP contribution in [0.5, 0.6) is 0 Å². The van der Waals surface area contributed by atoms with Crippen LogP contribution >= 0.6 is 0 Å². The molecule has 0 radical (unpaired) electrons. The minimum absolute atomic E-state index is 0.206. The van der Waals surface area contributed by atoms with E-state index in [1.54, 1.807) is 20.4 Å². The van der Waals surface area contributed by atoms with Crippen molar-refractivity contribution in [1.29, 1.82) is 0 Å². The zero-order valence-electron chi connectivity index (χ0n) is 17.5. The van der Waals surface area contributed by atoms with Crippen molar-refractivity contribution in [1.82, 2.24) is 5.48 Å². The van der Waals surface area contributed by atoms with Gasteiger partial charge in [-0.05, 0) is 0 Å². The molecule has 24 heavy (non-hydrogen) atoms. The Hall–Kier alpha value is 0.459. The molecule has 0 saturated carbocycles. The maximum absolute atomic E-state index is 5.38. The van der Waals surface area contributed by atoms with Gasteiger partial charge in [-0.3, -0.25) is 0 Å². The second-order valence-electron chi connectivity index (χ2n) is 8.60. The van der Waals surface area contributed by atoms with Gasteiger partial charge < -0.3 is 0 Å². The van der Waals surface area contributed by atoms with Crippen LogP contribution in [0.4, 0.5) is 0 Å². The van der Waals surface area contributed by atoms with Crippen molar-refractivity contribution >= 4 is 18.4 Å². The SMILES string of the molecule is CCC[CH2][Sn]([CH2]CCC)([CH2]CCC)[C]1=CC(C)(C)C(NOC)C1C. The molecular weight excluding hydrogens is 401 g/mol. The molecule has 1 aliphatic carbocycles. The molecule has 142 valence electrons. The molecule has 0 aromatic rings. The monoisotopic (exact) mass is 445 g/mol. The van der Waals surface area contributed by atoms with Gasteiger partial charge in [-0.2, -0.15) is 0 Å². The number of hydrogen-bond acceptors (Lipinski definition) is 2. The fraction of sp³-hybridized carbons (Fsp3) is 0.905. The Balaban J connectivity index is 3.19. The molecule has 0 aliphatic heterocycles. The Labute approximate surface area is 156 Å². The second-order valence-corrected chi connectivity index (χ2v) is 21.8. The Morgan fingerprint density at radius 2 is 1.46 bits per heavy atom. The molecule has 0 fully saturated rings. The van der Waals surface area contributed by atoms with Gasteiger partial charge in [0, 0.05) is 0 Å². The number of hydrogen-bond donors (Lipinski definition) is 1. The van der Waals surface area contributed by atoms with Gasteiger partial charge in [0.1, 0.15) is 0 Å². The van der Waals surface area contributed by atoms with Crippen LogP contribution in [0.2, 0.25) is 13.3 Å². The molecule has 0 aromatic heterocycles. The van der Waals surface area contributed by atoms with E-state index < -0.39 is 18.4 Å². The molecule has 3 heteroatoms. The molecule has 0 aromatic carbocycles. The first-order valence-corrected chi connectivity index (χ1v) is 17.9. The fourth-order valence-corrected chi connectivity index (χ4v) is 23.4. The Morgan fingerprint density at radius 3 is 1.83 bits per heavy atom. The van der Waals surface area contributed by atoms with E-state index in [0.29, 0.717) is 12.0 Å². The Bertz CT molecular complexity index is 370. The van der Waals surface area contributed by atoms with Crippen molar-refractivity contribution in [2.45, 2.75) is 99.4 Å². The molecule has 2 nitrogen and oxygen atoms in total. The molecule has 0 spiro atoms. The number of unbranched alkanes of at least 4 members (excludes halogenated alkanes) is 3. The molecular formula is C21H43NOSn. The van der Waals surface area contributed by atoms with Crippen LogP contribution in [0.15, 0.2) is 9.67 Å². The van der Waals surface area contributed by atoms with Crippen molar-refractivity contribution < 1.29 is 4.84 Å². The molecule has 2 atom stereocenters. The van der Waals surface area contributed by atoms with Gasteiger partial charge >= 0.3 is 156 Å². The molecule has 1 aliphatic rings. The molecule has 1 N–H and O–H groups in total. The van der Waals surface area contributed by atoms with Crippen LogP contribution in [0.3, 0.4) is 0 Å². The van der Waals surface area contributed by atoms with E-state index in [1.807, 2.05) is 3.59 Å². The molecule has 0 bridgehead atoms. The summed E-state index contributed by atoms with van der Waals surface area (Å²) in [5.74, 6) is 0.640. The van der Waals surface area contributed by atoms with E-state index in [-0.39, 0.29) is 5.41 Å². The number of rotatable bonds is 12. The number of nitrogens with one attached hydrogen (secondary N) is 1. The van der Waals surface area contributed by atoms with Gasteiger partial charge in [0.2, 0.25) is 0 Å². The van der Waals surface area contributed by atoms with Gasteiger partial charge in [0.05, 0.1) is 0 Å². The summed E-state index contributed by atoms with van der Waals surface area (Å²) in [5.41, 5.74) is 3.54. The van der Waals surface area contributed by atoms with Crippen LogP contribution in [0, 0.1) is 11.3 Å².